The molecule has 1 heterocycles. The van der Waals surface area contributed by atoms with Gasteiger partial charge in [-0.1, -0.05) is 0 Å². The largest absolute Gasteiger partial charge is 0.480 e. The van der Waals surface area contributed by atoms with Crippen LogP contribution in [0.2, 0.25) is 0 Å². The van der Waals surface area contributed by atoms with Gasteiger partial charge in [0.15, 0.2) is 6.61 Å². The summed E-state index contributed by atoms with van der Waals surface area (Å²) in [6.45, 7) is 1.81. The summed E-state index contributed by atoms with van der Waals surface area (Å²) in [5.74, 6) is 0.291. The number of anilines is 1. The average molecular weight is 619 g/mol. The van der Waals surface area contributed by atoms with Crippen molar-refractivity contribution in [1.29, 1.82) is 0 Å². The van der Waals surface area contributed by atoms with Gasteiger partial charge in [-0.05, 0) is 81.9 Å². The average Bonchev–Trinajstić information content (AvgIpc) is 2.61. The summed E-state index contributed by atoms with van der Waals surface area (Å²) in [6, 6.07) is 5.69. The van der Waals surface area contributed by atoms with Crippen molar-refractivity contribution >= 4 is 63.2 Å². The van der Waals surface area contributed by atoms with Crippen LogP contribution in [0, 0.1) is 7.14 Å². The molecule has 11 heteroatoms. The highest BCUT2D eigenvalue weighted by atomic mass is 127. The van der Waals surface area contributed by atoms with Crippen molar-refractivity contribution in [2.24, 2.45) is 5.10 Å². The van der Waals surface area contributed by atoms with Gasteiger partial charge in [0.25, 0.3) is 0 Å². The quantitative estimate of drug-likeness (QED) is 0.211. The van der Waals surface area contributed by atoms with Gasteiger partial charge in [0.1, 0.15) is 11.6 Å². The predicted molar refractivity (Wildman–Crippen MR) is 114 cm³/mol. The van der Waals surface area contributed by atoms with Crippen LogP contribution in [0.4, 0.5) is 19.0 Å². The van der Waals surface area contributed by atoms with E-state index in [1.165, 1.54) is 12.3 Å². The Labute approximate surface area is 186 Å². The summed E-state index contributed by atoms with van der Waals surface area (Å²) in [6.07, 6.45) is -2.20. The number of pyridine rings is 1. The summed E-state index contributed by atoms with van der Waals surface area (Å²) >= 11 is 4.14. The van der Waals surface area contributed by atoms with Crippen LogP contribution >= 0.6 is 45.2 Å². The van der Waals surface area contributed by atoms with Gasteiger partial charge < -0.3 is 9.47 Å². The molecule has 0 atom stereocenters. The Morgan fingerprint density at radius 1 is 1.29 bits per heavy atom. The molecule has 0 aliphatic rings. The van der Waals surface area contributed by atoms with Crippen LogP contribution in [-0.4, -0.2) is 30.4 Å². The van der Waals surface area contributed by atoms with Crippen LogP contribution in [0.5, 0.6) is 5.75 Å². The molecular weight excluding hydrogens is 605 g/mol. The molecule has 0 fully saturated rings. The summed E-state index contributed by atoms with van der Waals surface area (Å²) < 4.78 is 49.4. The van der Waals surface area contributed by atoms with Gasteiger partial charge in [0.05, 0.1) is 25.5 Å². The summed E-state index contributed by atoms with van der Waals surface area (Å²) in [5, 5.41) is 3.97. The third-order valence-electron chi connectivity index (χ3n) is 3.14. The summed E-state index contributed by atoms with van der Waals surface area (Å²) in [5.41, 5.74) is 2.48. The molecule has 0 amide bonds. The van der Waals surface area contributed by atoms with Gasteiger partial charge in [0.2, 0.25) is 0 Å². The van der Waals surface area contributed by atoms with Crippen molar-refractivity contribution in [1.82, 2.24) is 4.98 Å². The van der Waals surface area contributed by atoms with Gasteiger partial charge in [-0.15, -0.1) is 0 Å². The van der Waals surface area contributed by atoms with Crippen LogP contribution in [-0.2, 0) is 15.7 Å². The number of hydrazone groups is 1. The van der Waals surface area contributed by atoms with Crippen molar-refractivity contribution in [2.45, 2.75) is 13.1 Å². The molecule has 0 aliphatic carbocycles. The first-order valence-corrected chi connectivity index (χ1v) is 9.96. The number of esters is 1. The molecule has 0 unspecified atom stereocenters. The minimum absolute atomic E-state index is 0.183. The fourth-order valence-electron chi connectivity index (χ4n) is 1.93. The molecule has 150 valence electrons. The fraction of sp³-hybridized carbons (Fsp3) is 0.235. The second-order valence-electron chi connectivity index (χ2n) is 5.21. The van der Waals surface area contributed by atoms with Crippen LogP contribution in [0.25, 0.3) is 0 Å². The Morgan fingerprint density at radius 2 is 1.96 bits per heavy atom. The predicted octanol–water partition coefficient (Wildman–Crippen LogP) is 4.70. The molecule has 0 aliphatic heterocycles. The van der Waals surface area contributed by atoms with E-state index in [-0.39, 0.29) is 19.0 Å². The third-order valence-corrected chi connectivity index (χ3v) is 4.75. The number of hydrogen-bond donors (Lipinski definition) is 1. The summed E-state index contributed by atoms with van der Waals surface area (Å²) in [7, 11) is 0. The lowest BCUT2D eigenvalue weighted by Crippen LogP contribution is -2.15. The first-order chi connectivity index (χ1) is 13.2. The van der Waals surface area contributed by atoms with E-state index in [1.54, 1.807) is 19.1 Å². The number of carbonyl (C=O) groups excluding carboxylic acids is 1. The number of rotatable bonds is 7. The number of aromatic nitrogens is 1. The van der Waals surface area contributed by atoms with Gasteiger partial charge in [-0.3, -0.25) is 5.43 Å². The molecule has 1 aromatic heterocycles. The lowest BCUT2D eigenvalue weighted by atomic mass is 10.2. The van der Waals surface area contributed by atoms with Crippen molar-refractivity contribution < 1.29 is 27.4 Å². The van der Waals surface area contributed by atoms with Crippen LogP contribution in [0.3, 0.4) is 0 Å². The highest BCUT2D eigenvalue weighted by Gasteiger charge is 2.30. The van der Waals surface area contributed by atoms with Gasteiger partial charge in [-0.2, -0.15) is 18.3 Å². The van der Waals surface area contributed by atoms with Crippen molar-refractivity contribution in [3.8, 4) is 5.75 Å². The van der Waals surface area contributed by atoms with E-state index < -0.39 is 17.7 Å². The van der Waals surface area contributed by atoms with Crippen molar-refractivity contribution in [2.75, 3.05) is 18.6 Å². The number of alkyl halides is 3. The molecule has 2 rings (SSSR count). The molecule has 0 bridgehead atoms. The SMILES string of the molecule is CCOC(=O)COc1c(I)cc(/C=N\Nc2ccc(C(F)(F)F)cn2)cc1I. The first kappa shape index (κ1) is 22.6. The maximum atomic E-state index is 12.5. The molecule has 1 N–H and O–H groups in total. The number of carbonyl (C=O) groups is 1. The second-order valence-corrected chi connectivity index (χ2v) is 7.53. The molecule has 6 nitrogen and oxygen atoms in total. The number of hydrogen-bond acceptors (Lipinski definition) is 6. The van der Waals surface area contributed by atoms with E-state index in [0.29, 0.717) is 5.75 Å². The van der Waals surface area contributed by atoms with E-state index in [9.17, 15) is 18.0 Å². The number of ether oxygens (including phenoxy) is 2. The van der Waals surface area contributed by atoms with E-state index in [1.807, 2.05) is 0 Å². The highest BCUT2D eigenvalue weighted by Crippen LogP contribution is 2.29. The number of benzene rings is 1. The van der Waals surface area contributed by atoms with E-state index >= 15 is 0 Å². The summed E-state index contributed by atoms with van der Waals surface area (Å²) in [4.78, 5) is 15.1. The van der Waals surface area contributed by atoms with Crippen LogP contribution in [0.1, 0.15) is 18.1 Å². The molecule has 0 radical (unpaired) electrons. The molecule has 0 saturated heterocycles. The zero-order valence-electron chi connectivity index (χ0n) is 14.4. The molecule has 28 heavy (non-hydrogen) atoms. The molecule has 0 saturated carbocycles. The zero-order valence-corrected chi connectivity index (χ0v) is 18.7. The Morgan fingerprint density at radius 3 is 2.50 bits per heavy atom. The maximum absolute atomic E-state index is 12.5. The van der Waals surface area contributed by atoms with Crippen molar-refractivity contribution in [3.63, 3.8) is 0 Å². The molecule has 1 aromatic carbocycles. The Bertz CT molecular complexity index is 836. The van der Waals surface area contributed by atoms with Crippen LogP contribution < -0.4 is 10.2 Å². The molecule has 0 spiro atoms. The van der Waals surface area contributed by atoms with E-state index in [0.717, 1.165) is 25.0 Å². The van der Waals surface area contributed by atoms with Gasteiger partial charge >= 0.3 is 12.1 Å². The lowest BCUT2D eigenvalue weighted by molar-refractivity contribution is -0.145. The van der Waals surface area contributed by atoms with Gasteiger partial charge in [0, 0.05) is 6.20 Å². The van der Waals surface area contributed by atoms with Crippen molar-refractivity contribution in [3.05, 3.63) is 48.7 Å². The standard InChI is InChI=1S/C17H14F3I2N3O3/c1-2-27-15(26)9-28-16-12(21)5-10(6-13(16)22)7-24-25-14-4-3-11(8-23-14)17(18,19)20/h3-8H,2,9H2,1H3,(H,23,25)/b24-7-. The molecular formula is C17H14F3I2N3O3. The maximum Gasteiger partial charge on any atom is 0.417 e. The second kappa shape index (κ2) is 10.2. The Kier molecular flexibility index (Phi) is 8.27. The Balaban J connectivity index is 2.01. The fourth-order valence-corrected chi connectivity index (χ4v) is 4.05. The number of halogens is 5. The Hall–Kier alpha value is -1.64. The minimum atomic E-state index is -4.43. The normalized spacial score (nSPS) is 11.5. The van der Waals surface area contributed by atoms with Crippen LogP contribution in [0.15, 0.2) is 35.6 Å². The van der Waals surface area contributed by atoms with E-state index in [4.69, 9.17) is 9.47 Å². The minimum Gasteiger partial charge on any atom is -0.480 e. The molecule has 2 aromatic rings. The van der Waals surface area contributed by atoms with Gasteiger partial charge in [-0.25, -0.2) is 9.78 Å². The number of nitrogens with zero attached hydrogens (tertiary/aromatic N) is 2. The number of nitrogens with one attached hydrogen (secondary N) is 1. The first-order valence-electron chi connectivity index (χ1n) is 7.80. The zero-order chi connectivity index (χ0) is 20.7. The lowest BCUT2D eigenvalue weighted by Gasteiger charge is -2.10. The monoisotopic (exact) mass is 619 g/mol. The smallest absolute Gasteiger partial charge is 0.417 e. The third kappa shape index (κ3) is 6.76. The topological polar surface area (TPSA) is 72.8 Å². The highest BCUT2D eigenvalue weighted by molar-refractivity contribution is 14.1. The van der Waals surface area contributed by atoms with E-state index in [2.05, 4.69) is 60.7 Å².